The van der Waals surface area contributed by atoms with E-state index in [0.29, 0.717) is 0 Å². The highest BCUT2D eigenvalue weighted by Crippen LogP contribution is 2.22. The van der Waals surface area contributed by atoms with Crippen molar-refractivity contribution < 1.29 is 0 Å². The van der Waals surface area contributed by atoms with E-state index in [1.165, 1.54) is 11.1 Å². The Balaban J connectivity index is 3.13. The van der Waals surface area contributed by atoms with Gasteiger partial charge in [-0.15, -0.1) is 0 Å². The van der Waals surface area contributed by atoms with Crippen molar-refractivity contribution in [2.24, 2.45) is 4.99 Å². The van der Waals surface area contributed by atoms with Crippen molar-refractivity contribution in [2.75, 3.05) is 6.54 Å². The Morgan fingerprint density at radius 3 is 2.62 bits per heavy atom. The van der Waals surface area contributed by atoms with Crippen LogP contribution in [0.3, 0.4) is 0 Å². The minimum Gasteiger partial charge on any atom is -0.284 e. The normalized spacial score (nSPS) is 17.6. The molecular formula is C15H19N. The molecule has 16 heavy (non-hydrogen) atoms. The predicted octanol–water partition coefficient (Wildman–Crippen LogP) is 4.02. The van der Waals surface area contributed by atoms with Crippen LogP contribution >= 0.6 is 0 Å². The third-order valence-electron chi connectivity index (χ3n) is 2.61. The molecule has 0 saturated heterocycles. The number of allylic oxidation sites excluding steroid dienone is 7. The summed E-state index contributed by atoms with van der Waals surface area (Å²) in [5.74, 6) is 0. The molecule has 84 valence electrons. The minimum atomic E-state index is 0.842. The van der Waals surface area contributed by atoms with Gasteiger partial charge in [0.1, 0.15) is 0 Å². The van der Waals surface area contributed by atoms with E-state index in [0.717, 1.165) is 24.3 Å². The molecule has 0 aliphatic carbocycles. The van der Waals surface area contributed by atoms with Gasteiger partial charge >= 0.3 is 0 Å². The SMILES string of the molecule is C=CC1=C(C=C)C(/C(C)=C/C=C\C)=NCC1. The average molecular weight is 213 g/mol. The lowest BCUT2D eigenvalue weighted by atomic mass is 9.93. The molecule has 0 spiro atoms. The molecule has 1 aliphatic rings. The Labute approximate surface area is 98.3 Å². The van der Waals surface area contributed by atoms with Crippen LogP contribution < -0.4 is 0 Å². The summed E-state index contributed by atoms with van der Waals surface area (Å²) in [6.45, 7) is 12.6. The topological polar surface area (TPSA) is 12.4 Å². The van der Waals surface area contributed by atoms with E-state index in [1.807, 2.05) is 31.2 Å². The van der Waals surface area contributed by atoms with Gasteiger partial charge in [0.2, 0.25) is 0 Å². The van der Waals surface area contributed by atoms with Crippen molar-refractivity contribution in [3.05, 3.63) is 60.3 Å². The number of nitrogens with zero attached hydrogens (tertiary/aromatic N) is 1. The highest BCUT2D eigenvalue weighted by Gasteiger charge is 2.13. The summed E-state index contributed by atoms with van der Waals surface area (Å²) in [6, 6.07) is 0. The van der Waals surface area contributed by atoms with E-state index in [9.17, 15) is 0 Å². The third kappa shape index (κ3) is 2.69. The Morgan fingerprint density at radius 1 is 1.31 bits per heavy atom. The van der Waals surface area contributed by atoms with Gasteiger partial charge < -0.3 is 0 Å². The van der Waals surface area contributed by atoms with Crippen molar-refractivity contribution in [3.63, 3.8) is 0 Å². The van der Waals surface area contributed by atoms with Gasteiger partial charge in [0.15, 0.2) is 0 Å². The lowest BCUT2D eigenvalue weighted by Crippen LogP contribution is -2.11. The standard InChI is InChI=1S/C15H19N/c1-5-8-9-12(4)15-14(7-3)13(6-2)10-11-16-15/h5-9H,2-3,10-11H2,1,4H3/b8-5-,12-9+. The first-order chi connectivity index (χ1) is 7.74. The van der Waals surface area contributed by atoms with Gasteiger partial charge in [-0.1, -0.05) is 43.5 Å². The summed E-state index contributed by atoms with van der Waals surface area (Å²) in [4.78, 5) is 4.57. The highest BCUT2D eigenvalue weighted by atomic mass is 14.7. The molecule has 0 aromatic heterocycles. The molecule has 1 aliphatic heterocycles. The Kier molecular flexibility index (Phi) is 4.71. The molecule has 0 saturated carbocycles. The van der Waals surface area contributed by atoms with E-state index < -0.39 is 0 Å². The average Bonchev–Trinajstić information content (AvgIpc) is 2.34. The molecule has 1 heterocycles. The highest BCUT2D eigenvalue weighted by molar-refractivity contribution is 6.15. The molecule has 0 unspecified atom stereocenters. The van der Waals surface area contributed by atoms with Crippen LogP contribution in [0.1, 0.15) is 20.3 Å². The van der Waals surface area contributed by atoms with Gasteiger partial charge in [-0.3, -0.25) is 4.99 Å². The maximum absolute atomic E-state index is 4.57. The van der Waals surface area contributed by atoms with Crippen LogP contribution in [0.15, 0.2) is 65.2 Å². The largest absolute Gasteiger partial charge is 0.284 e. The minimum absolute atomic E-state index is 0.842. The second-order valence-corrected chi connectivity index (χ2v) is 3.70. The summed E-state index contributed by atoms with van der Waals surface area (Å²) in [7, 11) is 0. The van der Waals surface area contributed by atoms with Gasteiger partial charge in [-0.25, -0.2) is 0 Å². The fraction of sp³-hybridized carbons (Fsp3) is 0.267. The maximum Gasteiger partial charge on any atom is 0.0678 e. The van der Waals surface area contributed by atoms with Crippen molar-refractivity contribution in [3.8, 4) is 0 Å². The van der Waals surface area contributed by atoms with Gasteiger partial charge in [0.25, 0.3) is 0 Å². The second-order valence-electron chi connectivity index (χ2n) is 3.70. The maximum atomic E-state index is 4.57. The zero-order valence-corrected chi connectivity index (χ0v) is 10.2. The van der Waals surface area contributed by atoms with E-state index in [1.54, 1.807) is 0 Å². The third-order valence-corrected chi connectivity index (χ3v) is 2.61. The van der Waals surface area contributed by atoms with Crippen LogP contribution in [0.4, 0.5) is 0 Å². The van der Waals surface area contributed by atoms with Gasteiger partial charge in [0, 0.05) is 12.1 Å². The van der Waals surface area contributed by atoms with Crippen LogP contribution in [0.5, 0.6) is 0 Å². The van der Waals surface area contributed by atoms with Crippen molar-refractivity contribution >= 4 is 5.71 Å². The Morgan fingerprint density at radius 2 is 2.06 bits per heavy atom. The summed E-state index contributed by atoms with van der Waals surface area (Å²) in [5, 5.41) is 0. The lowest BCUT2D eigenvalue weighted by molar-refractivity contribution is 0.948. The number of dihydropyridines is 1. The van der Waals surface area contributed by atoms with E-state index in [2.05, 4.69) is 31.2 Å². The first-order valence-electron chi connectivity index (χ1n) is 5.57. The summed E-state index contributed by atoms with van der Waals surface area (Å²) in [5.41, 5.74) is 4.59. The molecular weight excluding hydrogens is 194 g/mol. The first kappa shape index (κ1) is 12.4. The number of aliphatic imine (C=N–C) groups is 1. The van der Waals surface area contributed by atoms with Crippen LogP contribution in [-0.2, 0) is 0 Å². The quantitative estimate of drug-likeness (QED) is 0.625. The molecule has 0 N–H and O–H groups in total. The van der Waals surface area contributed by atoms with Crippen LogP contribution in [-0.4, -0.2) is 12.3 Å². The van der Waals surface area contributed by atoms with Crippen LogP contribution in [0.2, 0.25) is 0 Å². The Bertz CT molecular complexity index is 403. The smallest absolute Gasteiger partial charge is 0.0678 e. The fourth-order valence-corrected chi connectivity index (χ4v) is 1.76. The van der Waals surface area contributed by atoms with Crippen LogP contribution in [0, 0.1) is 0 Å². The molecule has 0 amide bonds. The van der Waals surface area contributed by atoms with Gasteiger partial charge in [0.05, 0.1) is 5.71 Å². The molecule has 1 nitrogen and oxygen atoms in total. The number of rotatable bonds is 4. The van der Waals surface area contributed by atoms with Gasteiger partial charge in [-0.05, 0) is 31.4 Å². The van der Waals surface area contributed by atoms with E-state index >= 15 is 0 Å². The van der Waals surface area contributed by atoms with E-state index in [-0.39, 0.29) is 0 Å². The fourth-order valence-electron chi connectivity index (χ4n) is 1.76. The predicted molar refractivity (Wildman–Crippen MR) is 72.9 cm³/mol. The molecule has 0 radical (unpaired) electrons. The molecule has 0 fully saturated rings. The van der Waals surface area contributed by atoms with Crippen LogP contribution in [0.25, 0.3) is 0 Å². The zero-order valence-electron chi connectivity index (χ0n) is 10.2. The molecule has 1 heteroatoms. The zero-order chi connectivity index (χ0) is 12.0. The molecule has 0 aromatic rings. The summed E-state index contributed by atoms with van der Waals surface area (Å²) in [6.07, 6.45) is 10.9. The second kappa shape index (κ2) is 6.06. The molecule has 0 aromatic carbocycles. The Hall–Kier alpha value is -1.63. The molecule has 1 rings (SSSR count). The molecule has 0 atom stereocenters. The van der Waals surface area contributed by atoms with Gasteiger partial charge in [-0.2, -0.15) is 0 Å². The lowest BCUT2D eigenvalue weighted by Gasteiger charge is -2.17. The van der Waals surface area contributed by atoms with Crippen molar-refractivity contribution in [1.29, 1.82) is 0 Å². The number of hydrogen-bond donors (Lipinski definition) is 0. The monoisotopic (exact) mass is 213 g/mol. The van der Waals surface area contributed by atoms with Crippen molar-refractivity contribution in [2.45, 2.75) is 20.3 Å². The van der Waals surface area contributed by atoms with Crippen molar-refractivity contribution in [1.82, 2.24) is 0 Å². The number of hydrogen-bond acceptors (Lipinski definition) is 1. The van der Waals surface area contributed by atoms with E-state index in [4.69, 9.17) is 0 Å². The summed E-state index contributed by atoms with van der Waals surface area (Å²) < 4.78 is 0. The first-order valence-corrected chi connectivity index (χ1v) is 5.57. The molecule has 0 bridgehead atoms. The summed E-state index contributed by atoms with van der Waals surface area (Å²) >= 11 is 0.